The van der Waals surface area contributed by atoms with Gasteiger partial charge in [0.05, 0.1) is 13.2 Å². The molecule has 1 atom stereocenters. The van der Waals surface area contributed by atoms with Crippen molar-refractivity contribution in [1.82, 2.24) is 10.6 Å². The first kappa shape index (κ1) is 21.1. The van der Waals surface area contributed by atoms with E-state index in [1.165, 1.54) is 0 Å². The molecule has 0 aliphatic carbocycles. The predicted molar refractivity (Wildman–Crippen MR) is 75.2 cm³/mol. The van der Waals surface area contributed by atoms with Crippen LogP contribution >= 0.6 is 0 Å². The van der Waals surface area contributed by atoms with E-state index >= 15 is 0 Å². The number of nitrogens with two attached hydrogens (primary N) is 1. The Morgan fingerprint density at radius 1 is 1.15 bits per heavy atom. The molecule has 0 spiro atoms. The molecular formula is C12H27N3O5. The van der Waals surface area contributed by atoms with Crippen molar-refractivity contribution in [3.8, 4) is 0 Å². The summed E-state index contributed by atoms with van der Waals surface area (Å²) >= 11 is 0. The summed E-state index contributed by atoms with van der Waals surface area (Å²) in [5, 5.41) is 30.6. The number of carboxylic acids is 1. The van der Waals surface area contributed by atoms with Crippen LogP contribution in [0.5, 0.6) is 0 Å². The molecule has 0 bridgehead atoms. The van der Waals surface area contributed by atoms with E-state index in [0.29, 0.717) is 19.6 Å². The minimum absolute atomic E-state index is 0.105. The number of carboxylic acid groups (broad SMARTS) is 1. The number of aliphatic hydroxyl groups is 2. The van der Waals surface area contributed by atoms with Crippen molar-refractivity contribution in [2.24, 2.45) is 5.73 Å². The highest BCUT2D eigenvalue weighted by atomic mass is 16.4. The van der Waals surface area contributed by atoms with E-state index in [0.717, 1.165) is 6.42 Å². The molecule has 1 amide bonds. The van der Waals surface area contributed by atoms with E-state index in [9.17, 15) is 9.59 Å². The molecule has 120 valence electrons. The number of aliphatic hydroxyl groups excluding tert-OH is 2. The first-order valence-electron chi connectivity index (χ1n) is 6.66. The van der Waals surface area contributed by atoms with Crippen LogP contribution < -0.4 is 16.4 Å². The average molecular weight is 293 g/mol. The molecule has 7 N–H and O–H groups in total. The highest BCUT2D eigenvalue weighted by Gasteiger charge is 2.16. The molecule has 8 nitrogen and oxygen atoms in total. The molecule has 0 aliphatic rings. The lowest BCUT2D eigenvalue weighted by atomic mass is 10.1. The molecule has 1 unspecified atom stereocenters. The predicted octanol–water partition coefficient (Wildman–Crippen LogP) is -1.73. The van der Waals surface area contributed by atoms with Gasteiger partial charge in [-0.2, -0.15) is 0 Å². The zero-order valence-corrected chi connectivity index (χ0v) is 12.0. The molecular weight excluding hydrogens is 266 g/mol. The van der Waals surface area contributed by atoms with Gasteiger partial charge in [0, 0.05) is 19.5 Å². The lowest BCUT2D eigenvalue weighted by Gasteiger charge is -2.12. The maximum absolute atomic E-state index is 10.6. The molecule has 0 radical (unpaired) electrons. The Balaban J connectivity index is 0. The first-order valence-corrected chi connectivity index (χ1v) is 6.66. The van der Waals surface area contributed by atoms with Crippen LogP contribution in [-0.2, 0) is 9.59 Å². The van der Waals surface area contributed by atoms with Crippen LogP contribution in [0.25, 0.3) is 0 Å². The topological polar surface area (TPSA) is 145 Å². The van der Waals surface area contributed by atoms with Crippen LogP contribution in [-0.4, -0.2) is 66.1 Å². The minimum atomic E-state index is -0.935. The number of primary amides is 1. The van der Waals surface area contributed by atoms with Crippen LogP contribution in [0.15, 0.2) is 0 Å². The van der Waals surface area contributed by atoms with Gasteiger partial charge in [-0.3, -0.25) is 9.59 Å². The van der Waals surface area contributed by atoms with Crippen LogP contribution in [0.3, 0.4) is 0 Å². The summed E-state index contributed by atoms with van der Waals surface area (Å²) < 4.78 is 0. The van der Waals surface area contributed by atoms with Crippen molar-refractivity contribution in [2.45, 2.75) is 32.2 Å². The largest absolute Gasteiger partial charge is 0.480 e. The maximum Gasteiger partial charge on any atom is 0.320 e. The summed E-state index contributed by atoms with van der Waals surface area (Å²) in [6.45, 7) is 4.00. The number of carbonyl (C=O) groups excluding carboxylic acids is 1. The van der Waals surface area contributed by atoms with Crippen LogP contribution in [0.4, 0.5) is 0 Å². The smallest absolute Gasteiger partial charge is 0.320 e. The van der Waals surface area contributed by atoms with Gasteiger partial charge >= 0.3 is 5.97 Å². The molecule has 8 heteroatoms. The van der Waals surface area contributed by atoms with Crippen molar-refractivity contribution in [2.75, 3.05) is 32.8 Å². The highest BCUT2D eigenvalue weighted by Crippen LogP contribution is 1.97. The van der Waals surface area contributed by atoms with Crippen LogP contribution in [0.1, 0.15) is 26.2 Å². The van der Waals surface area contributed by atoms with Crippen molar-refractivity contribution in [3.05, 3.63) is 0 Å². The van der Waals surface area contributed by atoms with E-state index in [2.05, 4.69) is 10.6 Å². The van der Waals surface area contributed by atoms with E-state index < -0.39 is 17.9 Å². The van der Waals surface area contributed by atoms with Crippen LogP contribution in [0, 0.1) is 0 Å². The fraction of sp³-hybridized carbons (Fsp3) is 0.833. The number of amides is 1. The highest BCUT2D eigenvalue weighted by molar-refractivity contribution is 5.77. The number of aliphatic carboxylic acids is 1. The zero-order chi connectivity index (χ0) is 15.8. The Kier molecular flexibility index (Phi) is 16.7. The third kappa shape index (κ3) is 16.8. The zero-order valence-electron chi connectivity index (χ0n) is 12.0. The molecule has 0 aliphatic heterocycles. The van der Waals surface area contributed by atoms with Gasteiger partial charge in [-0.25, -0.2) is 0 Å². The Labute approximate surface area is 119 Å². The summed E-state index contributed by atoms with van der Waals surface area (Å²) in [4.78, 5) is 21.0. The Hall–Kier alpha value is -1.22. The quantitative estimate of drug-likeness (QED) is 0.248. The van der Waals surface area contributed by atoms with Crippen molar-refractivity contribution < 1.29 is 24.9 Å². The van der Waals surface area contributed by atoms with Crippen molar-refractivity contribution >= 4 is 11.9 Å². The molecule has 0 aromatic heterocycles. The number of hydrogen-bond donors (Lipinski definition) is 6. The molecule has 0 heterocycles. The third-order valence-electron chi connectivity index (χ3n) is 2.20. The van der Waals surface area contributed by atoms with Gasteiger partial charge in [-0.1, -0.05) is 6.92 Å². The maximum atomic E-state index is 10.6. The van der Waals surface area contributed by atoms with E-state index in [1.54, 1.807) is 0 Å². The van der Waals surface area contributed by atoms with E-state index in [4.69, 9.17) is 21.1 Å². The molecule has 0 saturated carbocycles. The van der Waals surface area contributed by atoms with E-state index in [1.807, 2.05) is 6.92 Å². The molecule has 0 rings (SSSR count). The summed E-state index contributed by atoms with van der Waals surface area (Å²) in [6, 6.07) is -0.660. The normalized spacial score (nSPS) is 11.3. The average Bonchev–Trinajstić information content (AvgIpc) is 2.39. The monoisotopic (exact) mass is 293 g/mol. The van der Waals surface area contributed by atoms with Gasteiger partial charge in [-0.05, 0) is 19.4 Å². The number of carbonyl (C=O) groups is 2. The van der Waals surface area contributed by atoms with Gasteiger partial charge in [-0.15, -0.1) is 0 Å². The Bertz CT molecular complexity index is 247. The summed E-state index contributed by atoms with van der Waals surface area (Å²) in [5.41, 5.74) is 4.91. The minimum Gasteiger partial charge on any atom is -0.480 e. The second kappa shape index (κ2) is 15.8. The standard InChI is InChI=1S/C8H16N2O3.C4H11NO2/c1-2-5-10-6(8(12)13)3-4-7(9)11;6-3-1-5-2-4-7/h6,10H,2-5H2,1H3,(H2,9,11)(H,12,13);5-7H,1-4H2. The second-order valence-corrected chi connectivity index (χ2v) is 4.05. The molecule has 0 aromatic carbocycles. The van der Waals surface area contributed by atoms with Crippen LogP contribution in [0.2, 0.25) is 0 Å². The molecule has 0 aromatic rings. The summed E-state index contributed by atoms with van der Waals surface area (Å²) in [5.74, 6) is -1.40. The molecule has 20 heavy (non-hydrogen) atoms. The first-order chi connectivity index (χ1) is 9.49. The second-order valence-electron chi connectivity index (χ2n) is 4.05. The number of hydrogen-bond acceptors (Lipinski definition) is 6. The van der Waals surface area contributed by atoms with Gasteiger partial charge in [0.2, 0.25) is 5.91 Å². The fourth-order valence-electron chi connectivity index (χ4n) is 1.20. The SMILES string of the molecule is CCCNC(CCC(N)=O)C(=O)O.OCCNCCO. The molecule has 0 fully saturated rings. The third-order valence-corrected chi connectivity index (χ3v) is 2.20. The lowest BCUT2D eigenvalue weighted by Crippen LogP contribution is -2.37. The number of rotatable bonds is 11. The van der Waals surface area contributed by atoms with Gasteiger partial charge in [0.25, 0.3) is 0 Å². The van der Waals surface area contributed by atoms with Gasteiger partial charge < -0.3 is 31.7 Å². The summed E-state index contributed by atoms with van der Waals surface area (Å²) in [7, 11) is 0. The van der Waals surface area contributed by atoms with Gasteiger partial charge in [0.15, 0.2) is 0 Å². The van der Waals surface area contributed by atoms with Crippen molar-refractivity contribution in [3.63, 3.8) is 0 Å². The van der Waals surface area contributed by atoms with Gasteiger partial charge in [0.1, 0.15) is 6.04 Å². The Morgan fingerprint density at radius 3 is 2.05 bits per heavy atom. The Morgan fingerprint density at radius 2 is 1.70 bits per heavy atom. The number of nitrogens with one attached hydrogen (secondary N) is 2. The summed E-state index contributed by atoms with van der Waals surface area (Å²) in [6.07, 6.45) is 1.22. The van der Waals surface area contributed by atoms with E-state index in [-0.39, 0.29) is 26.1 Å². The fourth-order valence-corrected chi connectivity index (χ4v) is 1.20. The molecule has 0 saturated heterocycles. The lowest BCUT2D eigenvalue weighted by molar-refractivity contribution is -0.139. The van der Waals surface area contributed by atoms with Crippen molar-refractivity contribution in [1.29, 1.82) is 0 Å².